The molecule has 0 fully saturated rings. The molecular formula is C15H19NO3. The molecule has 0 aromatic heterocycles. The largest absolute Gasteiger partial charge is 0.494 e. The number of nitrogens with one attached hydrogen (secondary N) is 1. The first-order chi connectivity index (χ1) is 9.20. The monoisotopic (exact) mass is 261 g/mol. The Balaban J connectivity index is 1.89. The van der Waals surface area contributed by atoms with E-state index in [1.165, 1.54) is 0 Å². The van der Waals surface area contributed by atoms with Crippen LogP contribution in [0.25, 0.3) is 0 Å². The average molecular weight is 261 g/mol. The summed E-state index contributed by atoms with van der Waals surface area (Å²) >= 11 is 0. The molecule has 1 amide bonds. The second-order valence-corrected chi connectivity index (χ2v) is 4.72. The topological polar surface area (TPSA) is 55.4 Å². The van der Waals surface area contributed by atoms with Crippen molar-refractivity contribution in [1.29, 1.82) is 0 Å². The third kappa shape index (κ3) is 3.56. The fourth-order valence-corrected chi connectivity index (χ4v) is 2.24. The van der Waals surface area contributed by atoms with Crippen LogP contribution >= 0.6 is 0 Å². The smallest absolute Gasteiger partial charge is 0.219 e. The van der Waals surface area contributed by atoms with Crippen molar-refractivity contribution in [1.82, 2.24) is 5.32 Å². The summed E-state index contributed by atoms with van der Waals surface area (Å²) in [6, 6.07) is 5.70. The number of carbonyl (C=O) groups excluding carboxylic acids is 2. The maximum Gasteiger partial charge on any atom is 0.219 e. The van der Waals surface area contributed by atoms with Crippen LogP contribution < -0.4 is 10.1 Å². The maximum absolute atomic E-state index is 11.8. The van der Waals surface area contributed by atoms with Crippen LogP contribution in [0.2, 0.25) is 0 Å². The van der Waals surface area contributed by atoms with Crippen LogP contribution in [-0.4, -0.2) is 25.3 Å². The number of hydrogen-bond donors (Lipinski definition) is 1. The number of ether oxygens (including phenoxy) is 1. The fraction of sp³-hybridized carbons (Fsp3) is 0.467. The van der Waals surface area contributed by atoms with E-state index in [0.717, 1.165) is 24.0 Å². The molecule has 1 aliphatic carbocycles. The van der Waals surface area contributed by atoms with Crippen molar-refractivity contribution in [2.24, 2.45) is 0 Å². The predicted octanol–water partition coefficient (Wildman–Crippen LogP) is 2.11. The minimum absolute atomic E-state index is 0.0178. The van der Waals surface area contributed by atoms with Crippen molar-refractivity contribution < 1.29 is 14.3 Å². The third-order valence-electron chi connectivity index (χ3n) is 3.33. The van der Waals surface area contributed by atoms with E-state index in [2.05, 4.69) is 5.32 Å². The van der Waals surface area contributed by atoms with Crippen molar-refractivity contribution in [3.63, 3.8) is 0 Å². The number of Topliss-reactive ketones (excluding diaryl/α,β-unsaturated/α-hetero) is 1. The molecule has 1 aromatic rings. The first-order valence-electron chi connectivity index (χ1n) is 6.70. The van der Waals surface area contributed by atoms with Crippen LogP contribution in [0.15, 0.2) is 18.2 Å². The Hall–Kier alpha value is -1.84. The van der Waals surface area contributed by atoms with Crippen molar-refractivity contribution in [3.8, 4) is 5.75 Å². The van der Waals surface area contributed by atoms with E-state index in [9.17, 15) is 9.59 Å². The Bertz CT molecular complexity index is 482. The van der Waals surface area contributed by atoms with E-state index in [-0.39, 0.29) is 11.7 Å². The van der Waals surface area contributed by atoms with Gasteiger partial charge in [-0.15, -0.1) is 0 Å². The summed E-state index contributed by atoms with van der Waals surface area (Å²) in [6.45, 7) is 0.487. The molecule has 2 rings (SSSR count). The first kappa shape index (κ1) is 13.6. The number of benzene rings is 1. The van der Waals surface area contributed by atoms with Gasteiger partial charge in [-0.1, -0.05) is 6.07 Å². The Labute approximate surface area is 113 Å². The van der Waals surface area contributed by atoms with Gasteiger partial charge in [-0.25, -0.2) is 0 Å². The molecule has 0 aliphatic heterocycles. The molecule has 0 bridgehead atoms. The number of aryl methyl sites for hydroxylation is 1. The van der Waals surface area contributed by atoms with Crippen LogP contribution in [0.3, 0.4) is 0 Å². The molecule has 0 heterocycles. The van der Waals surface area contributed by atoms with Gasteiger partial charge in [0.15, 0.2) is 5.78 Å². The fourth-order valence-electron chi connectivity index (χ4n) is 2.24. The molecule has 1 N–H and O–H groups in total. The Kier molecular flexibility index (Phi) is 4.55. The number of rotatable bonds is 5. The molecule has 0 atom stereocenters. The second kappa shape index (κ2) is 6.36. The summed E-state index contributed by atoms with van der Waals surface area (Å²) in [5.74, 6) is 0.937. The highest BCUT2D eigenvalue weighted by molar-refractivity contribution is 5.98. The lowest BCUT2D eigenvalue weighted by atomic mass is 9.90. The van der Waals surface area contributed by atoms with Crippen LogP contribution in [0.4, 0.5) is 0 Å². The minimum atomic E-state index is 0.0178. The zero-order valence-corrected chi connectivity index (χ0v) is 11.2. The molecule has 0 radical (unpaired) electrons. The molecule has 19 heavy (non-hydrogen) atoms. The summed E-state index contributed by atoms with van der Waals surface area (Å²) < 4.78 is 5.58. The Morgan fingerprint density at radius 2 is 2.21 bits per heavy atom. The van der Waals surface area contributed by atoms with Crippen molar-refractivity contribution in [3.05, 3.63) is 29.3 Å². The number of hydrogen-bond acceptors (Lipinski definition) is 3. The van der Waals surface area contributed by atoms with E-state index < -0.39 is 0 Å². The Morgan fingerprint density at radius 3 is 3.00 bits per heavy atom. The van der Waals surface area contributed by atoms with E-state index >= 15 is 0 Å². The standard InChI is InChI=1S/C15H19NO3/c1-16-15(18)6-3-9-19-12-8-7-11-4-2-5-14(17)13(11)10-12/h7-8,10H,2-6,9H2,1H3,(H,16,18). The maximum atomic E-state index is 11.8. The highest BCUT2D eigenvalue weighted by atomic mass is 16.5. The van der Waals surface area contributed by atoms with Gasteiger partial charge in [-0.05, 0) is 37.0 Å². The van der Waals surface area contributed by atoms with Gasteiger partial charge in [-0.3, -0.25) is 9.59 Å². The second-order valence-electron chi connectivity index (χ2n) is 4.72. The van der Waals surface area contributed by atoms with E-state index in [0.29, 0.717) is 31.6 Å². The number of amides is 1. The third-order valence-corrected chi connectivity index (χ3v) is 3.33. The van der Waals surface area contributed by atoms with Gasteiger partial charge in [-0.2, -0.15) is 0 Å². The normalized spacial score (nSPS) is 13.8. The zero-order chi connectivity index (χ0) is 13.7. The van der Waals surface area contributed by atoms with Gasteiger partial charge in [0.1, 0.15) is 5.75 Å². The highest BCUT2D eigenvalue weighted by Gasteiger charge is 2.17. The molecule has 0 unspecified atom stereocenters. The molecule has 0 saturated heterocycles. The summed E-state index contributed by atoms with van der Waals surface area (Å²) in [7, 11) is 1.62. The van der Waals surface area contributed by atoms with Gasteiger partial charge >= 0.3 is 0 Å². The summed E-state index contributed by atoms with van der Waals surface area (Å²) in [5.41, 5.74) is 1.92. The number of carbonyl (C=O) groups is 2. The van der Waals surface area contributed by atoms with Crippen molar-refractivity contribution in [2.45, 2.75) is 32.1 Å². The van der Waals surface area contributed by atoms with Crippen molar-refractivity contribution in [2.75, 3.05) is 13.7 Å². The zero-order valence-electron chi connectivity index (χ0n) is 11.2. The lowest BCUT2D eigenvalue weighted by molar-refractivity contribution is -0.120. The summed E-state index contributed by atoms with van der Waals surface area (Å²) in [6.07, 6.45) is 3.67. The Morgan fingerprint density at radius 1 is 1.37 bits per heavy atom. The lowest BCUT2D eigenvalue weighted by Gasteiger charge is -2.15. The quantitative estimate of drug-likeness (QED) is 0.826. The van der Waals surface area contributed by atoms with Crippen molar-refractivity contribution >= 4 is 11.7 Å². The molecule has 0 saturated carbocycles. The molecule has 102 valence electrons. The van der Waals surface area contributed by atoms with E-state index in [1.54, 1.807) is 7.05 Å². The minimum Gasteiger partial charge on any atom is -0.494 e. The van der Waals surface area contributed by atoms with Gasteiger partial charge in [0.25, 0.3) is 0 Å². The van der Waals surface area contributed by atoms with Crippen LogP contribution in [0.1, 0.15) is 41.6 Å². The summed E-state index contributed by atoms with van der Waals surface area (Å²) in [5, 5.41) is 2.57. The highest BCUT2D eigenvalue weighted by Crippen LogP contribution is 2.25. The number of ketones is 1. The molecule has 0 spiro atoms. The SMILES string of the molecule is CNC(=O)CCCOc1ccc2c(c1)C(=O)CCC2. The molecule has 1 aliphatic rings. The van der Waals surface area contributed by atoms with E-state index in [1.807, 2.05) is 18.2 Å². The van der Waals surface area contributed by atoms with Crippen LogP contribution in [0.5, 0.6) is 5.75 Å². The average Bonchev–Trinajstić information content (AvgIpc) is 2.44. The molecule has 1 aromatic carbocycles. The van der Waals surface area contributed by atoms with Crippen LogP contribution in [-0.2, 0) is 11.2 Å². The first-order valence-corrected chi connectivity index (χ1v) is 6.70. The predicted molar refractivity (Wildman–Crippen MR) is 72.5 cm³/mol. The molecule has 4 nitrogen and oxygen atoms in total. The van der Waals surface area contributed by atoms with Gasteiger partial charge in [0.05, 0.1) is 6.61 Å². The van der Waals surface area contributed by atoms with Gasteiger partial charge in [0.2, 0.25) is 5.91 Å². The molecular weight excluding hydrogens is 242 g/mol. The van der Waals surface area contributed by atoms with Gasteiger partial charge in [0, 0.05) is 25.5 Å². The van der Waals surface area contributed by atoms with E-state index in [4.69, 9.17) is 4.74 Å². The number of fused-ring (bicyclic) bond motifs is 1. The van der Waals surface area contributed by atoms with Crippen LogP contribution in [0, 0.1) is 0 Å². The molecule has 4 heteroatoms. The summed E-state index contributed by atoms with van der Waals surface area (Å²) in [4.78, 5) is 22.8. The van der Waals surface area contributed by atoms with Gasteiger partial charge < -0.3 is 10.1 Å². The lowest BCUT2D eigenvalue weighted by Crippen LogP contribution is -2.18.